The number of hydrogen-bond acceptors (Lipinski definition) is 3. The third-order valence-corrected chi connectivity index (χ3v) is 4.63. The van der Waals surface area contributed by atoms with Gasteiger partial charge in [0.25, 0.3) is 5.91 Å². The van der Waals surface area contributed by atoms with Crippen molar-refractivity contribution in [3.63, 3.8) is 0 Å². The van der Waals surface area contributed by atoms with Crippen molar-refractivity contribution in [3.05, 3.63) is 28.8 Å². The third-order valence-electron chi connectivity index (χ3n) is 4.31. The van der Waals surface area contributed by atoms with Gasteiger partial charge in [-0.1, -0.05) is 11.6 Å². The van der Waals surface area contributed by atoms with Crippen molar-refractivity contribution in [1.82, 2.24) is 9.80 Å². The SMILES string of the molecule is Nc1ccc(C(=O)N2CCCN3CCCC3C2)c(Cl)c1. The Morgan fingerprint density at radius 1 is 1.25 bits per heavy atom. The van der Waals surface area contributed by atoms with Crippen molar-refractivity contribution in [2.24, 2.45) is 0 Å². The van der Waals surface area contributed by atoms with Crippen molar-refractivity contribution >= 4 is 23.2 Å². The molecule has 0 spiro atoms. The fraction of sp³-hybridized carbons (Fsp3) is 0.533. The molecule has 2 aliphatic rings. The number of fused-ring (bicyclic) bond motifs is 1. The Morgan fingerprint density at radius 2 is 2.05 bits per heavy atom. The summed E-state index contributed by atoms with van der Waals surface area (Å²) in [6.45, 7) is 3.91. The summed E-state index contributed by atoms with van der Waals surface area (Å²) < 4.78 is 0. The van der Waals surface area contributed by atoms with Gasteiger partial charge in [-0.2, -0.15) is 0 Å². The van der Waals surface area contributed by atoms with Gasteiger partial charge in [0.2, 0.25) is 0 Å². The standard InChI is InChI=1S/C15H20ClN3O/c16-14-9-11(17)4-5-13(14)15(20)19-8-2-7-18-6-1-3-12(18)10-19/h4-5,9,12H,1-3,6-8,10,17H2. The van der Waals surface area contributed by atoms with Crippen LogP contribution in [0.25, 0.3) is 0 Å². The molecule has 0 aromatic heterocycles. The van der Waals surface area contributed by atoms with Gasteiger partial charge in [-0.25, -0.2) is 0 Å². The zero-order valence-electron chi connectivity index (χ0n) is 11.5. The van der Waals surface area contributed by atoms with Crippen LogP contribution in [0.4, 0.5) is 5.69 Å². The summed E-state index contributed by atoms with van der Waals surface area (Å²) in [6.07, 6.45) is 3.48. The lowest BCUT2D eigenvalue weighted by molar-refractivity contribution is 0.0743. The Balaban J connectivity index is 1.79. The predicted octanol–water partition coefficient (Wildman–Crippen LogP) is 2.23. The first kappa shape index (κ1) is 13.7. The third kappa shape index (κ3) is 2.63. The largest absolute Gasteiger partial charge is 0.399 e. The first-order chi connectivity index (χ1) is 9.65. The Hall–Kier alpha value is -1.26. The first-order valence-corrected chi connectivity index (χ1v) is 7.61. The van der Waals surface area contributed by atoms with Crippen molar-refractivity contribution < 1.29 is 4.79 Å². The van der Waals surface area contributed by atoms with E-state index in [1.54, 1.807) is 18.2 Å². The summed E-state index contributed by atoms with van der Waals surface area (Å²) in [5, 5.41) is 0.447. The van der Waals surface area contributed by atoms with Crippen LogP contribution in [0.15, 0.2) is 18.2 Å². The summed E-state index contributed by atoms with van der Waals surface area (Å²) in [5.74, 6) is 0.0313. The van der Waals surface area contributed by atoms with Gasteiger partial charge in [-0.05, 0) is 44.0 Å². The van der Waals surface area contributed by atoms with E-state index in [2.05, 4.69) is 4.90 Å². The molecule has 5 heteroatoms. The number of hydrogen-bond donors (Lipinski definition) is 1. The zero-order chi connectivity index (χ0) is 14.1. The summed E-state index contributed by atoms with van der Waals surface area (Å²) >= 11 is 6.16. The monoisotopic (exact) mass is 293 g/mol. The summed E-state index contributed by atoms with van der Waals surface area (Å²) in [5.41, 5.74) is 6.83. The summed E-state index contributed by atoms with van der Waals surface area (Å²) in [4.78, 5) is 17.1. The van der Waals surface area contributed by atoms with E-state index < -0.39 is 0 Å². The molecule has 0 aliphatic carbocycles. The number of nitrogen functional groups attached to an aromatic ring is 1. The van der Waals surface area contributed by atoms with Gasteiger partial charge in [-0.15, -0.1) is 0 Å². The normalized spacial score (nSPS) is 23.4. The molecule has 3 rings (SSSR count). The maximum Gasteiger partial charge on any atom is 0.255 e. The predicted molar refractivity (Wildman–Crippen MR) is 81.0 cm³/mol. The van der Waals surface area contributed by atoms with Gasteiger partial charge >= 0.3 is 0 Å². The number of carbonyl (C=O) groups excluding carboxylic acids is 1. The number of anilines is 1. The van der Waals surface area contributed by atoms with E-state index in [-0.39, 0.29) is 5.91 Å². The smallest absolute Gasteiger partial charge is 0.255 e. The van der Waals surface area contributed by atoms with E-state index in [0.717, 1.165) is 26.1 Å². The maximum absolute atomic E-state index is 12.7. The molecule has 4 nitrogen and oxygen atoms in total. The fourth-order valence-corrected chi connectivity index (χ4v) is 3.54. The van der Waals surface area contributed by atoms with Crippen LogP contribution in [0.3, 0.4) is 0 Å². The van der Waals surface area contributed by atoms with Gasteiger partial charge in [0, 0.05) is 31.4 Å². The summed E-state index contributed by atoms with van der Waals surface area (Å²) in [6, 6.07) is 5.64. The van der Waals surface area contributed by atoms with E-state index in [9.17, 15) is 4.79 Å². The average molecular weight is 294 g/mol. The van der Waals surface area contributed by atoms with Crippen LogP contribution < -0.4 is 5.73 Å². The fourth-order valence-electron chi connectivity index (χ4n) is 3.27. The van der Waals surface area contributed by atoms with Crippen LogP contribution in [0.2, 0.25) is 5.02 Å². The highest BCUT2D eigenvalue weighted by molar-refractivity contribution is 6.34. The van der Waals surface area contributed by atoms with Crippen LogP contribution in [0, 0.1) is 0 Å². The lowest BCUT2D eigenvalue weighted by atomic mass is 10.1. The molecular formula is C15H20ClN3O. The van der Waals surface area contributed by atoms with E-state index in [1.807, 2.05) is 4.90 Å². The molecule has 0 saturated carbocycles. The molecule has 1 atom stereocenters. The minimum Gasteiger partial charge on any atom is -0.399 e. The first-order valence-electron chi connectivity index (χ1n) is 7.23. The molecule has 1 aromatic rings. The molecular weight excluding hydrogens is 274 g/mol. The molecule has 2 fully saturated rings. The molecule has 1 amide bonds. The number of halogens is 1. The highest BCUT2D eigenvalue weighted by Crippen LogP contribution is 2.25. The number of rotatable bonds is 1. The van der Waals surface area contributed by atoms with Gasteiger partial charge in [0.15, 0.2) is 0 Å². The van der Waals surface area contributed by atoms with Crippen LogP contribution in [-0.2, 0) is 0 Å². The lowest BCUT2D eigenvalue weighted by Gasteiger charge is -2.26. The second kappa shape index (κ2) is 5.62. The van der Waals surface area contributed by atoms with E-state index in [0.29, 0.717) is 22.3 Å². The summed E-state index contributed by atoms with van der Waals surface area (Å²) in [7, 11) is 0. The molecule has 0 radical (unpaired) electrons. The van der Waals surface area contributed by atoms with Crippen LogP contribution in [0.1, 0.15) is 29.6 Å². The maximum atomic E-state index is 12.7. The van der Waals surface area contributed by atoms with Crippen molar-refractivity contribution in [1.29, 1.82) is 0 Å². The molecule has 2 N–H and O–H groups in total. The van der Waals surface area contributed by atoms with Gasteiger partial charge in [0.05, 0.1) is 10.6 Å². The molecule has 1 aromatic carbocycles. The van der Waals surface area contributed by atoms with Gasteiger partial charge in [-0.3, -0.25) is 9.69 Å². The molecule has 2 heterocycles. The number of nitrogens with zero attached hydrogens (tertiary/aromatic N) is 2. The number of carbonyl (C=O) groups is 1. The minimum absolute atomic E-state index is 0.0313. The van der Waals surface area contributed by atoms with Gasteiger partial charge in [0.1, 0.15) is 0 Å². The van der Waals surface area contributed by atoms with Gasteiger partial charge < -0.3 is 10.6 Å². The Labute approximate surface area is 124 Å². The van der Waals surface area contributed by atoms with Crippen LogP contribution in [0.5, 0.6) is 0 Å². The quantitative estimate of drug-likeness (QED) is 0.808. The highest BCUT2D eigenvalue weighted by atomic mass is 35.5. The van der Waals surface area contributed by atoms with E-state index in [4.69, 9.17) is 17.3 Å². The molecule has 2 saturated heterocycles. The van der Waals surface area contributed by atoms with Crippen molar-refractivity contribution in [2.75, 3.05) is 31.9 Å². The Bertz CT molecular complexity index is 520. The number of amides is 1. The van der Waals surface area contributed by atoms with Crippen molar-refractivity contribution in [3.8, 4) is 0 Å². The Morgan fingerprint density at radius 3 is 2.85 bits per heavy atom. The second-order valence-corrected chi connectivity index (χ2v) is 6.08. The minimum atomic E-state index is 0.0313. The molecule has 108 valence electrons. The lowest BCUT2D eigenvalue weighted by Crippen LogP contribution is -2.39. The van der Waals surface area contributed by atoms with E-state index >= 15 is 0 Å². The second-order valence-electron chi connectivity index (χ2n) is 5.68. The average Bonchev–Trinajstić information content (AvgIpc) is 2.75. The van der Waals surface area contributed by atoms with Crippen LogP contribution in [-0.4, -0.2) is 47.9 Å². The van der Waals surface area contributed by atoms with Crippen molar-refractivity contribution in [2.45, 2.75) is 25.3 Å². The zero-order valence-corrected chi connectivity index (χ0v) is 12.3. The highest BCUT2D eigenvalue weighted by Gasteiger charge is 2.31. The topological polar surface area (TPSA) is 49.6 Å². The van der Waals surface area contributed by atoms with Crippen LogP contribution >= 0.6 is 11.6 Å². The number of benzene rings is 1. The molecule has 0 bridgehead atoms. The number of nitrogens with two attached hydrogens (primary N) is 1. The Kier molecular flexibility index (Phi) is 3.85. The van der Waals surface area contributed by atoms with E-state index in [1.165, 1.54) is 19.4 Å². The molecule has 2 aliphatic heterocycles. The molecule has 1 unspecified atom stereocenters. The molecule has 20 heavy (non-hydrogen) atoms.